The van der Waals surface area contributed by atoms with Crippen molar-refractivity contribution in [1.82, 2.24) is 37.2 Å². The number of carbonyl (C=O) groups excluding carboxylic acids is 4. The average molecular weight is 610 g/mol. The normalized spacial score (nSPS) is 12.0. The van der Waals surface area contributed by atoms with Crippen molar-refractivity contribution in [2.24, 2.45) is 0 Å². The SMILES string of the molecule is C=C(C)NCC(CCCCNC(=O)OCc1ccccc1Cl)NCCNC(=O)NCC(CCC(C)=O)NCCNC=O. The van der Waals surface area contributed by atoms with Crippen molar-refractivity contribution < 1.29 is 23.9 Å². The minimum absolute atomic E-state index is 0.0810. The van der Waals surface area contributed by atoms with E-state index in [0.29, 0.717) is 70.1 Å². The van der Waals surface area contributed by atoms with E-state index in [4.69, 9.17) is 16.3 Å². The second kappa shape index (κ2) is 23.2. The molecule has 0 radical (unpaired) electrons. The third-order valence-electron chi connectivity index (χ3n) is 6.20. The Morgan fingerprint density at radius 1 is 0.881 bits per heavy atom. The van der Waals surface area contributed by atoms with Crippen LogP contribution in [0.1, 0.15) is 51.5 Å². The maximum atomic E-state index is 12.3. The molecule has 2 unspecified atom stereocenters. The monoisotopic (exact) mass is 609 g/mol. The lowest BCUT2D eigenvalue weighted by atomic mass is 10.1. The van der Waals surface area contributed by atoms with E-state index in [0.717, 1.165) is 30.5 Å². The highest BCUT2D eigenvalue weighted by Gasteiger charge is 2.12. The van der Waals surface area contributed by atoms with Crippen molar-refractivity contribution in [2.75, 3.05) is 45.8 Å². The molecule has 0 saturated heterocycles. The summed E-state index contributed by atoms with van der Waals surface area (Å²) >= 11 is 6.08. The topological polar surface area (TPSA) is 162 Å². The Bertz CT molecular complexity index is 966. The predicted molar refractivity (Wildman–Crippen MR) is 165 cm³/mol. The number of halogens is 1. The maximum Gasteiger partial charge on any atom is 0.407 e. The summed E-state index contributed by atoms with van der Waals surface area (Å²) < 4.78 is 5.23. The quantitative estimate of drug-likeness (QED) is 0.0693. The van der Waals surface area contributed by atoms with Crippen molar-refractivity contribution >= 4 is 35.9 Å². The van der Waals surface area contributed by atoms with Crippen LogP contribution in [0.5, 0.6) is 0 Å². The Balaban J connectivity index is 2.29. The highest BCUT2D eigenvalue weighted by molar-refractivity contribution is 6.31. The summed E-state index contributed by atoms with van der Waals surface area (Å²) in [5, 5.41) is 21.5. The molecule has 1 aromatic rings. The molecule has 236 valence electrons. The number of rotatable bonds is 24. The van der Waals surface area contributed by atoms with Gasteiger partial charge in [0.1, 0.15) is 12.4 Å². The number of unbranched alkanes of at least 4 members (excludes halogenated alkanes) is 1. The molecule has 0 aliphatic rings. The second-order valence-corrected chi connectivity index (χ2v) is 10.4. The summed E-state index contributed by atoms with van der Waals surface area (Å²) in [5.74, 6) is 0.0855. The molecule has 2 atom stereocenters. The van der Waals surface area contributed by atoms with E-state index < -0.39 is 6.09 Å². The van der Waals surface area contributed by atoms with Crippen LogP contribution in [0.25, 0.3) is 0 Å². The van der Waals surface area contributed by atoms with Crippen molar-refractivity contribution in [3.05, 3.63) is 47.1 Å². The number of urea groups is 1. The van der Waals surface area contributed by atoms with E-state index in [1.165, 1.54) is 6.92 Å². The van der Waals surface area contributed by atoms with Gasteiger partial charge in [-0.1, -0.05) is 42.8 Å². The van der Waals surface area contributed by atoms with E-state index in [1.54, 1.807) is 6.07 Å². The number of allylic oxidation sites excluding steroid dienone is 1. The molecule has 0 bridgehead atoms. The van der Waals surface area contributed by atoms with Crippen LogP contribution in [0.3, 0.4) is 0 Å². The molecule has 0 heterocycles. The summed E-state index contributed by atoms with van der Waals surface area (Å²) in [6.07, 6.45) is 3.69. The zero-order valence-electron chi connectivity index (χ0n) is 24.9. The number of nitrogens with one attached hydrogen (secondary N) is 7. The van der Waals surface area contributed by atoms with Gasteiger partial charge in [-0.3, -0.25) is 4.79 Å². The Morgan fingerprint density at radius 3 is 2.26 bits per heavy atom. The number of hydrogen-bond donors (Lipinski definition) is 7. The smallest absolute Gasteiger partial charge is 0.407 e. The lowest BCUT2D eigenvalue weighted by molar-refractivity contribution is -0.117. The molecule has 12 nitrogen and oxygen atoms in total. The first-order valence-corrected chi connectivity index (χ1v) is 14.8. The predicted octanol–water partition coefficient (Wildman–Crippen LogP) is 2.19. The number of benzene rings is 1. The lowest BCUT2D eigenvalue weighted by Gasteiger charge is -2.21. The molecule has 7 N–H and O–H groups in total. The van der Waals surface area contributed by atoms with Crippen molar-refractivity contribution in [2.45, 2.75) is 64.6 Å². The number of Topliss-reactive ketones (excluding diaryl/α,β-unsaturated/α-hetero) is 1. The first kappa shape index (κ1) is 36.7. The van der Waals surface area contributed by atoms with Gasteiger partial charge in [0, 0.05) is 80.6 Å². The number of amides is 4. The van der Waals surface area contributed by atoms with Gasteiger partial charge in [-0.05, 0) is 39.2 Å². The molecule has 0 aromatic heterocycles. The molecular formula is C29H48ClN7O5. The zero-order valence-corrected chi connectivity index (χ0v) is 25.6. The van der Waals surface area contributed by atoms with E-state index in [2.05, 4.69) is 43.8 Å². The number of alkyl carbamates (subject to hydrolysis) is 1. The number of ketones is 1. The van der Waals surface area contributed by atoms with Crippen LogP contribution in [-0.4, -0.2) is 82.2 Å². The van der Waals surface area contributed by atoms with Crippen molar-refractivity contribution in [3.8, 4) is 0 Å². The van der Waals surface area contributed by atoms with Crippen LogP contribution in [0.4, 0.5) is 9.59 Å². The van der Waals surface area contributed by atoms with Gasteiger partial charge in [-0.15, -0.1) is 0 Å². The Hall–Kier alpha value is -3.35. The van der Waals surface area contributed by atoms with Crippen LogP contribution in [0, 0.1) is 0 Å². The molecule has 0 spiro atoms. The minimum atomic E-state index is -0.478. The fourth-order valence-corrected chi connectivity index (χ4v) is 4.07. The Morgan fingerprint density at radius 2 is 1.57 bits per heavy atom. The van der Waals surface area contributed by atoms with Crippen LogP contribution < -0.4 is 37.2 Å². The van der Waals surface area contributed by atoms with Gasteiger partial charge in [0.2, 0.25) is 6.41 Å². The van der Waals surface area contributed by atoms with Gasteiger partial charge < -0.3 is 46.7 Å². The molecular weight excluding hydrogens is 562 g/mol. The largest absolute Gasteiger partial charge is 0.445 e. The fourth-order valence-electron chi connectivity index (χ4n) is 3.88. The van der Waals surface area contributed by atoms with E-state index in [-0.39, 0.29) is 30.5 Å². The maximum absolute atomic E-state index is 12.3. The van der Waals surface area contributed by atoms with E-state index in [1.807, 2.05) is 25.1 Å². The van der Waals surface area contributed by atoms with Crippen LogP contribution in [0.15, 0.2) is 36.5 Å². The highest BCUT2D eigenvalue weighted by atomic mass is 35.5. The first-order chi connectivity index (χ1) is 20.2. The van der Waals surface area contributed by atoms with Crippen molar-refractivity contribution in [1.29, 1.82) is 0 Å². The number of carbonyl (C=O) groups is 4. The van der Waals surface area contributed by atoms with Crippen LogP contribution in [0.2, 0.25) is 5.02 Å². The molecule has 42 heavy (non-hydrogen) atoms. The van der Waals surface area contributed by atoms with Crippen molar-refractivity contribution in [3.63, 3.8) is 0 Å². The third-order valence-corrected chi connectivity index (χ3v) is 6.57. The Kier molecular flexibility index (Phi) is 20.3. The standard InChI is InChI=1S/C29H48ClN7O5/c1-22(2)36-18-25(9-6-7-13-35-29(41)42-20-24-8-4-5-10-27(24)30)33-16-17-34-28(40)37-19-26(12-11-23(3)39)32-15-14-31-21-38/h4-5,8,10,21,25-26,32-33,36H,1,6-7,9,11-20H2,2-3H3,(H,31,38)(H,35,41)(H2,34,37,40). The molecule has 0 aliphatic heterocycles. The van der Waals surface area contributed by atoms with Gasteiger partial charge in [0.05, 0.1) is 0 Å². The molecule has 0 saturated carbocycles. The lowest BCUT2D eigenvalue weighted by Crippen LogP contribution is -2.48. The molecule has 1 aromatic carbocycles. The van der Waals surface area contributed by atoms with Gasteiger partial charge >= 0.3 is 12.1 Å². The molecule has 13 heteroatoms. The summed E-state index contributed by atoms with van der Waals surface area (Å²) in [4.78, 5) is 46.0. The summed E-state index contributed by atoms with van der Waals surface area (Å²) in [6.45, 7) is 11.0. The summed E-state index contributed by atoms with van der Waals surface area (Å²) in [5.41, 5.74) is 1.63. The third kappa shape index (κ3) is 19.7. The highest BCUT2D eigenvalue weighted by Crippen LogP contribution is 2.15. The molecule has 1 rings (SSSR count). The average Bonchev–Trinajstić information content (AvgIpc) is 2.95. The molecule has 0 fully saturated rings. The van der Waals surface area contributed by atoms with Gasteiger partial charge in [-0.2, -0.15) is 0 Å². The summed E-state index contributed by atoms with van der Waals surface area (Å²) in [6, 6.07) is 7.01. The first-order valence-electron chi connectivity index (χ1n) is 14.4. The Labute approximate surface area is 254 Å². The summed E-state index contributed by atoms with van der Waals surface area (Å²) in [7, 11) is 0. The van der Waals surface area contributed by atoms with Crippen LogP contribution >= 0.6 is 11.6 Å². The van der Waals surface area contributed by atoms with E-state index in [9.17, 15) is 19.2 Å². The van der Waals surface area contributed by atoms with Gasteiger partial charge in [-0.25, -0.2) is 9.59 Å². The second-order valence-electron chi connectivity index (χ2n) is 10.0. The minimum Gasteiger partial charge on any atom is -0.445 e. The molecule has 4 amide bonds. The molecule has 0 aliphatic carbocycles. The number of ether oxygens (including phenoxy) is 1. The zero-order chi connectivity index (χ0) is 31.0. The fraction of sp³-hybridized carbons (Fsp3) is 0.586. The van der Waals surface area contributed by atoms with Gasteiger partial charge in [0.25, 0.3) is 0 Å². The van der Waals surface area contributed by atoms with E-state index >= 15 is 0 Å². The van der Waals surface area contributed by atoms with Crippen LogP contribution in [-0.2, 0) is 20.9 Å². The van der Waals surface area contributed by atoms with Gasteiger partial charge in [0.15, 0.2) is 0 Å². The number of hydrogen-bond acceptors (Lipinski definition) is 8.